The van der Waals surface area contributed by atoms with Crippen LogP contribution in [0.2, 0.25) is 12.6 Å². The van der Waals surface area contributed by atoms with Crippen LogP contribution in [-0.4, -0.2) is 29.4 Å². The van der Waals surface area contributed by atoms with E-state index in [1.54, 1.807) is 0 Å². The van der Waals surface area contributed by atoms with Crippen molar-refractivity contribution in [1.82, 2.24) is 0 Å². The number of hydrogen-bond donors (Lipinski definition) is 2. The lowest BCUT2D eigenvalue weighted by Gasteiger charge is -2.18. The molecule has 1 heterocycles. The molecule has 0 bridgehead atoms. The summed E-state index contributed by atoms with van der Waals surface area (Å²) in [6, 6.07) is 0. The molecule has 0 amide bonds. The molecule has 1 saturated heterocycles. The highest BCUT2D eigenvalue weighted by atomic mass is 16.4. The van der Waals surface area contributed by atoms with Gasteiger partial charge in [-0.25, -0.2) is 0 Å². The maximum Gasteiger partial charge on any atom is 0.307 e. The fourth-order valence-corrected chi connectivity index (χ4v) is 2.25. The van der Waals surface area contributed by atoms with E-state index in [4.69, 9.17) is 10.2 Å². The van der Waals surface area contributed by atoms with E-state index in [0.717, 1.165) is 32.9 Å². The van der Waals surface area contributed by atoms with Crippen LogP contribution >= 0.6 is 0 Å². The van der Waals surface area contributed by atoms with Gasteiger partial charge in [0.2, 0.25) is 0 Å². The average Bonchev–Trinajstić information content (AvgIpc) is 2.27. The molecule has 84 valence electrons. The molecule has 2 atom stereocenters. The molecule has 0 aromatic rings. The maximum absolute atomic E-state index is 11.0. The molecule has 0 aromatic carbocycles. The van der Waals surface area contributed by atoms with E-state index >= 15 is 0 Å². The van der Waals surface area contributed by atoms with Crippen molar-refractivity contribution in [2.45, 2.75) is 38.3 Å². The lowest BCUT2D eigenvalue weighted by Crippen LogP contribution is -2.30. The largest absolute Gasteiger partial charge is 0.481 e. The van der Waals surface area contributed by atoms with E-state index in [1.807, 2.05) is 0 Å². The third-order valence-electron chi connectivity index (χ3n) is 3.15. The van der Waals surface area contributed by atoms with Gasteiger partial charge < -0.3 is 10.2 Å². The van der Waals surface area contributed by atoms with Gasteiger partial charge in [0.05, 0.1) is 11.8 Å². The SMILES string of the molecule is O=C(O)C1CBCCCCCC1C(=O)O. The highest BCUT2D eigenvalue weighted by molar-refractivity contribution is 6.36. The van der Waals surface area contributed by atoms with Gasteiger partial charge >= 0.3 is 11.9 Å². The third-order valence-corrected chi connectivity index (χ3v) is 3.15. The van der Waals surface area contributed by atoms with Crippen molar-refractivity contribution in [3.8, 4) is 0 Å². The topological polar surface area (TPSA) is 74.6 Å². The molecule has 1 aliphatic heterocycles. The van der Waals surface area contributed by atoms with Crippen molar-refractivity contribution < 1.29 is 19.8 Å². The molecule has 1 aliphatic rings. The van der Waals surface area contributed by atoms with E-state index in [0.29, 0.717) is 12.7 Å². The predicted octanol–water partition coefficient (Wildman–Crippen LogP) is 1.24. The first-order valence-electron chi connectivity index (χ1n) is 5.58. The summed E-state index contributed by atoms with van der Waals surface area (Å²) in [5.41, 5.74) is 0. The molecule has 4 nitrogen and oxygen atoms in total. The summed E-state index contributed by atoms with van der Waals surface area (Å²) >= 11 is 0. The zero-order valence-electron chi connectivity index (χ0n) is 8.82. The van der Waals surface area contributed by atoms with Crippen molar-refractivity contribution in [3.63, 3.8) is 0 Å². The maximum atomic E-state index is 11.0. The van der Waals surface area contributed by atoms with Crippen LogP contribution in [0.1, 0.15) is 25.7 Å². The molecule has 0 aliphatic carbocycles. The summed E-state index contributed by atoms with van der Waals surface area (Å²) in [6.45, 7) is 0. The van der Waals surface area contributed by atoms with Gasteiger partial charge in [0, 0.05) is 0 Å². The molecule has 2 unspecified atom stereocenters. The summed E-state index contributed by atoms with van der Waals surface area (Å²) in [6.07, 6.45) is 4.99. The Kier molecular flexibility index (Phi) is 4.65. The lowest BCUT2D eigenvalue weighted by molar-refractivity contribution is -0.153. The Hall–Kier alpha value is -0.995. The Labute approximate surface area is 89.9 Å². The normalized spacial score (nSPS) is 28.0. The van der Waals surface area contributed by atoms with E-state index in [2.05, 4.69) is 0 Å². The molecule has 2 N–H and O–H groups in total. The summed E-state index contributed by atoms with van der Waals surface area (Å²) in [7, 11) is 0.834. The molecule has 0 saturated carbocycles. The van der Waals surface area contributed by atoms with Crippen molar-refractivity contribution in [1.29, 1.82) is 0 Å². The lowest BCUT2D eigenvalue weighted by atomic mass is 9.64. The first kappa shape index (κ1) is 12.1. The van der Waals surface area contributed by atoms with Gasteiger partial charge in [-0.1, -0.05) is 31.9 Å². The van der Waals surface area contributed by atoms with Crippen LogP contribution in [0.4, 0.5) is 0 Å². The average molecular weight is 212 g/mol. The summed E-state index contributed by atoms with van der Waals surface area (Å²) in [5.74, 6) is -3.30. The second-order valence-electron chi connectivity index (χ2n) is 4.23. The highest BCUT2D eigenvalue weighted by Crippen LogP contribution is 2.26. The Morgan fingerprint density at radius 3 is 2.27 bits per heavy atom. The van der Waals surface area contributed by atoms with E-state index in [-0.39, 0.29) is 0 Å². The number of rotatable bonds is 2. The predicted molar refractivity (Wildman–Crippen MR) is 57.5 cm³/mol. The number of carboxylic acids is 2. The first-order chi connectivity index (χ1) is 7.13. The zero-order chi connectivity index (χ0) is 11.3. The van der Waals surface area contributed by atoms with Gasteiger partial charge in [-0.3, -0.25) is 9.59 Å². The van der Waals surface area contributed by atoms with Crippen molar-refractivity contribution in [2.24, 2.45) is 11.8 Å². The third kappa shape index (κ3) is 3.57. The van der Waals surface area contributed by atoms with Crippen LogP contribution in [-0.2, 0) is 9.59 Å². The number of aliphatic carboxylic acids is 2. The van der Waals surface area contributed by atoms with Crippen LogP contribution in [0.25, 0.3) is 0 Å². The standard InChI is InChI=1S/C10H17BO4/c12-9(13)7-4-2-1-3-5-11-6-8(7)10(14)15/h7-8,11H,1-6H2,(H,12,13)(H,14,15). The minimum Gasteiger partial charge on any atom is -0.481 e. The van der Waals surface area contributed by atoms with E-state index in [1.165, 1.54) is 0 Å². The van der Waals surface area contributed by atoms with Gasteiger partial charge in [-0.05, 0) is 6.42 Å². The quantitative estimate of drug-likeness (QED) is 0.675. The van der Waals surface area contributed by atoms with Crippen molar-refractivity contribution >= 4 is 19.2 Å². The van der Waals surface area contributed by atoms with Gasteiger partial charge in [0.1, 0.15) is 7.28 Å². The molecule has 0 spiro atoms. The second kappa shape index (κ2) is 5.78. The Bertz CT molecular complexity index is 218. The van der Waals surface area contributed by atoms with E-state index in [9.17, 15) is 9.59 Å². The van der Waals surface area contributed by atoms with Crippen LogP contribution in [0.5, 0.6) is 0 Å². The first-order valence-corrected chi connectivity index (χ1v) is 5.58. The molecule has 0 aromatic heterocycles. The molecule has 1 rings (SSSR count). The molecular weight excluding hydrogens is 195 g/mol. The molecular formula is C10H17BO4. The molecule has 5 heteroatoms. The summed E-state index contributed by atoms with van der Waals surface area (Å²) in [4.78, 5) is 22.0. The van der Waals surface area contributed by atoms with Crippen LogP contribution in [0.15, 0.2) is 0 Å². The Morgan fingerprint density at radius 1 is 1.00 bits per heavy atom. The fourth-order valence-electron chi connectivity index (χ4n) is 2.25. The van der Waals surface area contributed by atoms with Gasteiger partial charge in [0.25, 0.3) is 0 Å². The van der Waals surface area contributed by atoms with Crippen LogP contribution in [0, 0.1) is 11.8 Å². The minimum absolute atomic E-state index is 0.506. The number of hydrogen-bond acceptors (Lipinski definition) is 2. The van der Waals surface area contributed by atoms with Crippen LogP contribution < -0.4 is 0 Å². The second-order valence-corrected chi connectivity index (χ2v) is 4.23. The van der Waals surface area contributed by atoms with Crippen LogP contribution in [0.3, 0.4) is 0 Å². The number of carboxylic acid groups (broad SMARTS) is 2. The highest BCUT2D eigenvalue weighted by Gasteiger charge is 2.33. The fraction of sp³-hybridized carbons (Fsp3) is 0.800. The Morgan fingerprint density at radius 2 is 1.67 bits per heavy atom. The van der Waals surface area contributed by atoms with Crippen molar-refractivity contribution in [3.05, 3.63) is 0 Å². The number of carbonyl (C=O) groups is 2. The summed E-state index contributed by atoms with van der Waals surface area (Å²) in [5, 5.41) is 18.0. The molecule has 1 fully saturated rings. The smallest absolute Gasteiger partial charge is 0.307 e. The Balaban J connectivity index is 2.72. The molecule has 0 radical (unpaired) electrons. The van der Waals surface area contributed by atoms with Gasteiger partial charge in [-0.2, -0.15) is 0 Å². The minimum atomic E-state index is -0.954. The monoisotopic (exact) mass is 212 g/mol. The molecule has 15 heavy (non-hydrogen) atoms. The zero-order valence-corrected chi connectivity index (χ0v) is 8.82. The van der Waals surface area contributed by atoms with E-state index < -0.39 is 23.8 Å². The van der Waals surface area contributed by atoms with Gasteiger partial charge in [0.15, 0.2) is 0 Å². The van der Waals surface area contributed by atoms with Crippen molar-refractivity contribution in [2.75, 3.05) is 0 Å². The summed E-state index contributed by atoms with van der Waals surface area (Å²) < 4.78 is 0. The van der Waals surface area contributed by atoms with Gasteiger partial charge in [-0.15, -0.1) is 0 Å².